The number of rotatable bonds is 4. The van der Waals surface area contributed by atoms with E-state index in [1.807, 2.05) is 11.4 Å². The van der Waals surface area contributed by atoms with Gasteiger partial charge in [0.1, 0.15) is 11.8 Å². The normalized spacial score (nSPS) is 17.2. The number of piperidine rings is 1. The maximum atomic E-state index is 12.7. The highest BCUT2D eigenvalue weighted by molar-refractivity contribution is 7.12. The molecule has 1 saturated heterocycles. The van der Waals surface area contributed by atoms with Gasteiger partial charge in [0.05, 0.1) is 17.7 Å². The fraction of sp³-hybridized carbons (Fsp3) is 0.333. The van der Waals surface area contributed by atoms with Gasteiger partial charge < -0.3 is 20.7 Å². The van der Waals surface area contributed by atoms with Crippen LogP contribution in [0.25, 0.3) is 0 Å². The lowest BCUT2D eigenvalue weighted by Crippen LogP contribution is -2.49. The van der Waals surface area contributed by atoms with Gasteiger partial charge in [-0.25, -0.2) is 0 Å². The van der Waals surface area contributed by atoms with E-state index in [0.29, 0.717) is 35.0 Å². The van der Waals surface area contributed by atoms with Crippen LogP contribution in [0.15, 0.2) is 35.7 Å². The zero-order valence-corrected chi connectivity index (χ0v) is 14.8. The van der Waals surface area contributed by atoms with Crippen LogP contribution >= 0.6 is 11.3 Å². The van der Waals surface area contributed by atoms with Crippen molar-refractivity contribution in [3.05, 3.63) is 40.6 Å². The predicted molar refractivity (Wildman–Crippen MR) is 99.0 cm³/mol. The number of nitrogen functional groups attached to an aromatic ring is 1. The van der Waals surface area contributed by atoms with E-state index in [9.17, 15) is 9.59 Å². The van der Waals surface area contributed by atoms with Gasteiger partial charge in [-0.15, -0.1) is 11.3 Å². The van der Waals surface area contributed by atoms with Gasteiger partial charge in [0.25, 0.3) is 5.91 Å². The van der Waals surface area contributed by atoms with Crippen LogP contribution in [-0.2, 0) is 4.79 Å². The molecule has 1 atom stereocenters. The number of anilines is 2. The number of carbonyl (C=O) groups excluding carboxylic acids is 2. The molecule has 6 nitrogen and oxygen atoms in total. The average molecular weight is 359 g/mol. The predicted octanol–water partition coefficient (Wildman–Crippen LogP) is 2.97. The molecule has 2 aromatic rings. The minimum atomic E-state index is -0.466. The van der Waals surface area contributed by atoms with Gasteiger partial charge in [0.2, 0.25) is 5.91 Å². The number of methoxy groups -OCH3 is 1. The van der Waals surface area contributed by atoms with Gasteiger partial charge in [-0.1, -0.05) is 6.07 Å². The monoisotopic (exact) mass is 359 g/mol. The molecule has 0 spiro atoms. The van der Waals surface area contributed by atoms with E-state index >= 15 is 0 Å². The largest absolute Gasteiger partial charge is 0.495 e. The first kappa shape index (κ1) is 17.3. The molecule has 3 N–H and O–H groups in total. The number of nitrogens with zero attached hydrogens (tertiary/aromatic N) is 1. The molecule has 25 heavy (non-hydrogen) atoms. The minimum Gasteiger partial charge on any atom is -0.495 e. The number of carbonyl (C=O) groups is 2. The van der Waals surface area contributed by atoms with Crippen LogP contribution < -0.4 is 15.8 Å². The van der Waals surface area contributed by atoms with Crippen molar-refractivity contribution < 1.29 is 14.3 Å². The summed E-state index contributed by atoms with van der Waals surface area (Å²) in [5, 5.41) is 4.74. The Morgan fingerprint density at radius 2 is 2.16 bits per heavy atom. The third kappa shape index (κ3) is 3.76. The zero-order valence-electron chi connectivity index (χ0n) is 14.0. The summed E-state index contributed by atoms with van der Waals surface area (Å²) in [6.07, 6.45) is 2.50. The second-order valence-corrected chi connectivity index (χ2v) is 6.88. The molecule has 3 rings (SSSR count). The Balaban J connectivity index is 1.74. The molecule has 1 aliphatic rings. The Kier molecular flexibility index (Phi) is 5.23. The Hall–Kier alpha value is -2.54. The summed E-state index contributed by atoms with van der Waals surface area (Å²) in [5.41, 5.74) is 6.94. The Labute approximate surface area is 150 Å². The van der Waals surface area contributed by atoms with Gasteiger partial charge >= 0.3 is 0 Å². The van der Waals surface area contributed by atoms with Crippen LogP contribution in [0.1, 0.15) is 28.9 Å². The summed E-state index contributed by atoms with van der Waals surface area (Å²) in [4.78, 5) is 27.8. The Bertz CT molecular complexity index is 761. The maximum absolute atomic E-state index is 12.7. The van der Waals surface area contributed by atoms with Gasteiger partial charge in [-0.3, -0.25) is 9.59 Å². The lowest BCUT2D eigenvalue weighted by Gasteiger charge is -2.34. The first-order valence-electron chi connectivity index (χ1n) is 8.19. The standard InChI is InChI=1S/C18H21N3O3S/c1-24-15-8-7-12(11-13(15)19)20-17(22)14-5-2-3-9-21(14)18(23)16-6-4-10-25-16/h4,6-8,10-11,14H,2-3,5,9,19H2,1H3,(H,20,22). The number of nitrogens with one attached hydrogen (secondary N) is 1. The van der Waals surface area contributed by atoms with Crippen molar-refractivity contribution in [1.82, 2.24) is 4.90 Å². The molecular formula is C18H21N3O3S. The molecule has 7 heteroatoms. The van der Waals surface area contributed by atoms with E-state index in [0.717, 1.165) is 12.8 Å². The molecule has 1 aromatic carbocycles. The van der Waals surface area contributed by atoms with Crippen LogP contribution in [-0.4, -0.2) is 36.4 Å². The lowest BCUT2D eigenvalue weighted by molar-refractivity contribution is -0.121. The lowest BCUT2D eigenvalue weighted by atomic mass is 10.0. The number of nitrogens with two attached hydrogens (primary N) is 1. The van der Waals surface area contributed by atoms with E-state index in [1.54, 1.807) is 36.3 Å². The Morgan fingerprint density at radius 3 is 2.84 bits per heavy atom. The van der Waals surface area contributed by atoms with Crippen LogP contribution in [0.5, 0.6) is 5.75 Å². The van der Waals surface area contributed by atoms with Crippen LogP contribution in [0, 0.1) is 0 Å². The first-order chi connectivity index (χ1) is 12.1. The van der Waals surface area contributed by atoms with Crippen molar-refractivity contribution >= 4 is 34.5 Å². The molecule has 1 aliphatic heterocycles. The molecule has 2 amide bonds. The molecule has 0 radical (unpaired) electrons. The fourth-order valence-corrected chi connectivity index (χ4v) is 3.71. The van der Waals surface area contributed by atoms with E-state index in [4.69, 9.17) is 10.5 Å². The number of hydrogen-bond acceptors (Lipinski definition) is 5. The first-order valence-corrected chi connectivity index (χ1v) is 9.07. The summed E-state index contributed by atoms with van der Waals surface area (Å²) in [6, 6.07) is 8.27. The molecule has 0 bridgehead atoms. The molecule has 1 aromatic heterocycles. The van der Waals surface area contributed by atoms with Gasteiger partial charge in [-0.05, 0) is 48.9 Å². The van der Waals surface area contributed by atoms with Gasteiger partial charge in [0.15, 0.2) is 0 Å². The van der Waals surface area contributed by atoms with Crippen LogP contribution in [0.3, 0.4) is 0 Å². The van der Waals surface area contributed by atoms with E-state index in [-0.39, 0.29) is 11.8 Å². The number of thiophene rings is 1. The summed E-state index contributed by atoms with van der Waals surface area (Å²) in [6.45, 7) is 0.597. The molecule has 1 fully saturated rings. The topological polar surface area (TPSA) is 84.7 Å². The Morgan fingerprint density at radius 1 is 1.32 bits per heavy atom. The highest BCUT2D eigenvalue weighted by Crippen LogP contribution is 2.26. The molecule has 2 heterocycles. The maximum Gasteiger partial charge on any atom is 0.264 e. The molecule has 0 saturated carbocycles. The number of ether oxygens (including phenoxy) is 1. The molecule has 0 aliphatic carbocycles. The van der Waals surface area contributed by atoms with Crippen molar-refractivity contribution in [1.29, 1.82) is 0 Å². The van der Waals surface area contributed by atoms with Crippen molar-refractivity contribution in [2.24, 2.45) is 0 Å². The third-order valence-electron chi connectivity index (χ3n) is 4.30. The summed E-state index contributed by atoms with van der Waals surface area (Å²) in [5.74, 6) is 0.295. The number of amides is 2. The molecule has 1 unspecified atom stereocenters. The number of likely N-dealkylation sites (tertiary alicyclic amines) is 1. The summed E-state index contributed by atoms with van der Waals surface area (Å²) < 4.78 is 5.12. The second-order valence-electron chi connectivity index (χ2n) is 5.93. The van der Waals surface area contributed by atoms with E-state index in [2.05, 4.69) is 5.32 Å². The number of hydrogen-bond donors (Lipinski definition) is 2. The smallest absolute Gasteiger partial charge is 0.264 e. The van der Waals surface area contributed by atoms with E-state index in [1.165, 1.54) is 11.3 Å². The quantitative estimate of drug-likeness (QED) is 0.822. The van der Waals surface area contributed by atoms with Crippen LogP contribution in [0.4, 0.5) is 11.4 Å². The third-order valence-corrected chi connectivity index (χ3v) is 5.15. The average Bonchev–Trinajstić information content (AvgIpc) is 3.16. The van der Waals surface area contributed by atoms with Gasteiger partial charge in [0, 0.05) is 12.2 Å². The highest BCUT2D eigenvalue weighted by Gasteiger charge is 2.33. The zero-order chi connectivity index (χ0) is 17.8. The fourth-order valence-electron chi connectivity index (χ4n) is 3.03. The number of benzene rings is 1. The molecule has 132 valence electrons. The van der Waals surface area contributed by atoms with Crippen molar-refractivity contribution in [3.63, 3.8) is 0 Å². The summed E-state index contributed by atoms with van der Waals surface area (Å²) >= 11 is 1.40. The van der Waals surface area contributed by atoms with Crippen molar-refractivity contribution in [2.75, 3.05) is 24.7 Å². The van der Waals surface area contributed by atoms with E-state index < -0.39 is 6.04 Å². The van der Waals surface area contributed by atoms with Crippen molar-refractivity contribution in [2.45, 2.75) is 25.3 Å². The minimum absolute atomic E-state index is 0.0795. The van der Waals surface area contributed by atoms with Gasteiger partial charge in [-0.2, -0.15) is 0 Å². The summed E-state index contributed by atoms with van der Waals surface area (Å²) in [7, 11) is 1.54. The van der Waals surface area contributed by atoms with Crippen LogP contribution in [0.2, 0.25) is 0 Å². The SMILES string of the molecule is COc1ccc(NC(=O)C2CCCCN2C(=O)c2cccs2)cc1N. The molecular weight excluding hydrogens is 338 g/mol. The highest BCUT2D eigenvalue weighted by atomic mass is 32.1. The van der Waals surface area contributed by atoms with Crippen molar-refractivity contribution in [3.8, 4) is 5.75 Å². The second kappa shape index (κ2) is 7.57.